The van der Waals surface area contributed by atoms with Crippen LogP contribution in [-0.4, -0.2) is 25.0 Å². The van der Waals surface area contributed by atoms with Crippen molar-refractivity contribution < 1.29 is 4.79 Å². The van der Waals surface area contributed by atoms with Crippen LogP contribution in [-0.2, 0) is 6.42 Å². The van der Waals surface area contributed by atoms with E-state index in [0.717, 1.165) is 22.8 Å². The molecule has 0 unspecified atom stereocenters. The van der Waals surface area contributed by atoms with E-state index < -0.39 is 0 Å². The van der Waals surface area contributed by atoms with Gasteiger partial charge in [-0.15, -0.1) is 11.3 Å². The number of aromatic nitrogens is 1. The van der Waals surface area contributed by atoms with Crippen molar-refractivity contribution in [3.05, 3.63) is 76.2 Å². The van der Waals surface area contributed by atoms with E-state index in [1.807, 2.05) is 66.8 Å². The zero-order chi connectivity index (χ0) is 16.9. The highest BCUT2D eigenvalue weighted by molar-refractivity contribution is 7.09. The van der Waals surface area contributed by atoms with Gasteiger partial charge in [-0.25, -0.2) is 4.98 Å². The standard InChI is InChI=1S/C19H19N3OS/c1-22(2)16-10-8-15(9-11-16)20-19(23)17-13-24-18(21-17)12-14-6-4-3-5-7-14/h3-11,13H,12H2,1-2H3,(H,20,23). The first-order valence-electron chi connectivity index (χ1n) is 7.69. The molecule has 3 aromatic rings. The van der Waals surface area contributed by atoms with E-state index in [0.29, 0.717) is 5.69 Å². The summed E-state index contributed by atoms with van der Waals surface area (Å²) >= 11 is 1.51. The third-order valence-electron chi connectivity index (χ3n) is 3.62. The fourth-order valence-corrected chi connectivity index (χ4v) is 3.11. The van der Waals surface area contributed by atoms with Crippen LogP contribution >= 0.6 is 11.3 Å². The van der Waals surface area contributed by atoms with E-state index in [2.05, 4.69) is 22.4 Å². The number of hydrogen-bond donors (Lipinski definition) is 1. The van der Waals surface area contributed by atoms with Crippen molar-refractivity contribution in [1.82, 2.24) is 4.98 Å². The minimum atomic E-state index is -0.178. The number of amides is 1. The molecule has 122 valence electrons. The topological polar surface area (TPSA) is 45.2 Å². The van der Waals surface area contributed by atoms with Crippen molar-refractivity contribution in [2.24, 2.45) is 0 Å². The van der Waals surface area contributed by atoms with Gasteiger partial charge in [-0.05, 0) is 29.8 Å². The van der Waals surface area contributed by atoms with Gasteiger partial charge in [0.1, 0.15) is 5.69 Å². The van der Waals surface area contributed by atoms with Gasteiger partial charge in [0, 0.05) is 37.3 Å². The molecular formula is C19H19N3OS. The summed E-state index contributed by atoms with van der Waals surface area (Å²) in [5.74, 6) is -0.178. The van der Waals surface area contributed by atoms with Crippen LogP contribution in [0.5, 0.6) is 0 Å². The van der Waals surface area contributed by atoms with Gasteiger partial charge >= 0.3 is 0 Å². The number of rotatable bonds is 5. The first-order chi connectivity index (χ1) is 11.6. The average molecular weight is 337 g/mol. The van der Waals surface area contributed by atoms with Gasteiger partial charge in [-0.1, -0.05) is 30.3 Å². The van der Waals surface area contributed by atoms with E-state index >= 15 is 0 Å². The molecule has 1 heterocycles. The Hall–Kier alpha value is -2.66. The minimum absolute atomic E-state index is 0.178. The number of carbonyl (C=O) groups is 1. The number of anilines is 2. The molecule has 0 saturated carbocycles. The molecular weight excluding hydrogens is 318 g/mol. The molecule has 24 heavy (non-hydrogen) atoms. The lowest BCUT2D eigenvalue weighted by Crippen LogP contribution is -2.13. The van der Waals surface area contributed by atoms with Crippen LogP contribution in [0.1, 0.15) is 21.1 Å². The van der Waals surface area contributed by atoms with Crippen LogP contribution in [0.15, 0.2) is 60.0 Å². The van der Waals surface area contributed by atoms with Crippen molar-refractivity contribution in [3.8, 4) is 0 Å². The summed E-state index contributed by atoms with van der Waals surface area (Å²) in [5, 5.41) is 5.63. The second-order valence-electron chi connectivity index (χ2n) is 5.68. The Labute approximate surface area is 145 Å². The molecule has 0 bridgehead atoms. The molecule has 3 rings (SSSR count). The summed E-state index contributed by atoms with van der Waals surface area (Å²) in [6.45, 7) is 0. The lowest BCUT2D eigenvalue weighted by Gasteiger charge is -2.12. The maximum atomic E-state index is 12.3. The van der Waals surface area contributed by atoms with Crippen LogP contribution in [0.25, 0.3) is 0 Å². The SMILES string of the molecule is CN(C)c1ccc(NC(=O)c2csc(Cc3ccccc3)n2)cc1. The maximum Gasteiger partial charge on any atom is 0.275 e. The smallest absolute Gasteiger partial charge is 0.275 e. The molecule has 1 aromatic heterocycles. The summed E-state index contributed by atoms with van der Waals surface area (Å²) in [6.07, 6.45) is 0.746. The normalized spacial score (nSPS) is 10.4. The van der Waals surface area contributed by atoms with Gasteiger partial charge in [0.05, 0.1) is 5.01 Å². The first-order valence-corrected chi connectivity index (χ1v) is 8.57. The lowest BCUT2D eigenvalue weighted by molar-refractivity contribution is 0.102. The van der Waals surface area contributed by atoms with E-state index in [9.17, 15) is 4.79 Å². The fraction of sp³-hybridized carbons (Fsp3) is 0.158. The van der Waals surface area contributed by atoms with Gasteiger partial charge < -0.3 is 10.2 Å². The Morgan fingerprint density at radius 2 is 1.79 bits per heavy atom. The number of benzene rings is 2. The highest BCUT2D eigenvalue weighted by atomic mass is 32.1. The molecule has 5 heteroatoms. The molecule has 0 radical (unpaired) electrons. The number of thiazole rings is 1. The Kier molecular flexibility index (Phi) is 4.91. The van der Waals surface area contributed by atoms with Crippen molar-refractivity contribution >= 4 is 28.6 Å². The van der Waals surface area contributed by atoms with E-state index in [1.54, 1.807) is 0 Å². The molecule has 0 spiro atoms. The number of nitrogens with one attached hydrogen (secondary N) is 1. The highest BCUT2D eigenvalue weighted by Gasteiger charge is 2.11. The van der Waals surface area contributed by atoms with Crippen LogP contribution in [0, 0.1) is 0 Å². The second kappa shape index (κ2) is 7.27. The lowest BCUT2D eigenvalue weighted by atomic mass is 10.2. The third-order valence-corrected chi connectivity index (χ3v) is 4.47. The van der Waals surface area contributed by atoms with Crippen LogP contribution in [0.2, 0.25) is 0 Å². The quantitative estimate of drug-likeness (QED) is 0.764. The largest absolute Gasteiger partial charge is 0.378 e. The zero-order valence-electron chi connectivity index (χ0n) is 13.7. The van der Waals surface area contributed by atoms with Gasteiger partial charge in [-0.3, -0.25) is 4.79 Å². The molecule has 0 fully saturated rings. The molecule has 4 nitrogen and oxygen atoms in total. The summed E-state index contributed by atoms with van der Waals surface area (Å²) in [5.41, 5.74) is 3.51. The number of nitrogens with zero attached hydrogens (tertiary/aromatic N) is 2. The van der Waals surface area contributed by atoms with Crippen LogP contribution < -0.4 is 10.2 Å². The molecule has 0 aliphatic heterocycles. The van der Waals surface area contributed by atoms with E-state index in [1.165, 1.54) is 16.9 Å². The van der Waals surface area contributed by atoms with Gasteiger partial charge in [0.15, 0.2) is 0 Å². The number of carbonyl (C=O) groups excluding carboxylic acids is 1. The summed E-state index contributed by atoms with van der Waals surface area (Å²) in [6, 6.07) is 17.9. The van der Waals surface area contributed by atoms with Crippen molar-refractivity contribution in [3.63, 3.8) is 0 Å². The summed E-state index contributed by atoms with van der Waals surface area (Å²) in [4.78, 5) is 18.8. The van der Waals surface area contributed by atoms with Crippen molar-refractivity contribution in [2.75, 3.05) is 24.3 Å². The minimum Gasteiger partial charge on any atom is -0.378 e. The summed E-state index contributed by atoms with van der Waals surface area (Å²) < 4.78 is 0. The first kappa shape index (κ1) is 16.2. The van der Waals surface area contributed by atoms with E-state index in [4.69, 9.17) is 0 Å². The van der Waals surface area contributed by atoms with E-state index in [-0.39, 0.29) is 5.91 Å². The Morgan fingerprint density at radius 1 is 1.08 bits per heavy atom. The molecule has 0 aliphatic carbocycles. The Bertz CT molecular complexity index is 810. The molecule has 0 saturated heterocycles. The Balaban J connectivity index is 1.65. The number of hydrogen-bond acceptors (Lipinski definition) is 4. The predicted octanol–water partition coefficient (Wildman–Crippen LogP) is 4.05. The highest BCUT2D eigenvalue weighted by Crippen LogP contribution is 2.18. The predicted molar refractivity (Wildman–Crippen MR) is 100 cm³/mol. The third kappa shape index (κ3) is 4.00. The summed E-state index contributed by atoms with van der Waals surface area (Å²) in [7, 11) is 3.97. The molecule has 0 atom stereocenters. The van der Waals surface area contributed by atoms with Crippen LogP contribution in [0.3, 0.4) is 0 Å². The van der Waals surface area contributed by atoms with Crippen molar-refractivity contribution in [2.45, 2.75) is 6.42 Å². The average Bonchev–Trinajstić information content (AvgIpc) is 3.05. The van der Waals surface area contributed by atoms with Crippen LogP contribution in [0.4, 0.5) is 11.4 Å². The van der Waals surface area contributed by atoms with Gasteiger partial charge in [0.25, 0.3) is 5.91 Å². The van der Waals surface area contributed by atoms with Gasteiger partial charge in [-0.2, -0.15) is 0 Å². The monoisotopic (exact) mass is 337 g/mol. The molecule has 0 aliphatic rings. The molecule has 1 N–H and O–H groups in total. The van der Waals surface area contributed by atoms with Crippen molar-refractivity contribution in [1.29, 1.82) is 0 Å². The molecule has 2 aromatic carbocycles. The maximum absolute atomic E-state index is 12.3. The second-order valence-corrected chi connectivity index (χ2v) is 6.63. The van der Waals surface area contributed by atoms with Gasteiger partial charge in [0.2, 0.25) is 0 Å². The molecule has 1 amide bonds. The fourth-order valence-electron chi connectivity index (χ4n) is 2.30. The zero-order valence-corrected chi connectivity index (χ0v) is 14.5. The Morgan fingerprint density at radius 3 is 2.46 bits per heavy atom.